The smallest absolute Gasteiger partial charge is 0.427 e. The topological polar surface area (TPSA) is 97.2 Å². The number of carboxylic acids is 1. The van der Waals surface area contributed by atoms with Crippen molar-refractivity contribution in [3.05, 3.63) is 29.8 Å². The van der Waals surface area contributed by atoms with Gasteiger partial charge in [0.25, 0.3) is 0 Å². The fraction of sp³-hybridized carbons (Fsp3) is 0.182. The lowest BCUT2D eigenvalue weighted by Gasteiger charge is -2.05. The first-order valence-electron chi connectivity index (χ1n) is 4.94. The molecule has 0 aliphatic carbocycles. The SMILES string of the molecule is COC(=O)N/N=C\c1ccccc1OCC(=O)O. The van der Waals surface area contributed by atoms with E-state index in [-0.39, 0.29) is 0 Å². The third kappa shape index (κ3) is 4.52. The van der Waals surface area contributed by atoms with E-state index in [1.54, 1.807) is 24.3 Å². The standard InChI is InChI=1S/C11H12N2O5/c1-17-11(16)13-12-6-8-4-2-3-5-9(8)18-7-10(14)15/h2-6H,7H2,1H3,(H,13,16)(H,14,15)/b12-6-. The zero-order chi connectivity index (χ0) is 13.4. The zero-order valence-corrected chi connectivity index (χ0v) is 9.62. The molecule has 1 rings (SSSR count). The minimum absolute atomic E-state index is 0.357. The second kappa shape index (κ2) is 6.89. The minimum atomic E-state index is -1.07. The number of methoxy groups -OCH3 is 1. The van der Waals surface area contributed by atoms with Crippen molar-refractivity contribution in [2.24, 2.45) is 5.10 Å². The van der Waals surface area contributed by atoms with Crippen molar-refractivity contribution in [1.29, 1.82) is 0 Å². The molecule has 0 fully saturated rings. The van der Waals surface area contributed by atoms with Crippen LogP contribution in [0.15, 0.2) is 29.4 Å². The number of hydrazone groups is 1. The van der Waals surface area contributed by atoms with Crippen LogP contribution in [0.5, 0.6) is 5.75 Å². The Bertz CT molecular complexity index is 459. The van der Waals surface area contributed by atoms with Crippen LogP contribution in [0.2, 0.25) is 0 Å². The number of carboxylic acid groups (broad SMARTS) is 1. The van der Waals surface area contributed by atoms with E-state index in [0.29, 0.717) is 11.3 Å². The molecule has 0 aliphatic rings. The summed E-state index contributed by atoms with van der Waals surface area (Å²) >= 11 is 0. The van der Waals surface area contributed by atoms with Crippen LogP contribution in [0.4, 0.5) is 4.79 Å². The number of amides is 1. The van der Waals surface area contributed by atoms with Gasteiger partial charge in [0.05, 0.1) is 13.3 Å². The Hall–Kier alpha value is -2.57. The fourth-order valence-corrected chi connectivity index (χ4v) is 1.06. The molecular weight excluding hydrogens is 240 g/mol. The highest BCUT2D eigenvalue weighted by molar-refractivity contribution is 5.84. The van der Waals surface area contributed by atoms with Crippen LogP contribution < -0.4 is 10.2 Å². The van der Waals surface area contributed by atoms with E-state index in [1.165, 1.54) is 13.3 Å². The predicted octanol–water partition coefficient (Wildman–Crippen LogP) is 0.840. The number of aliphatic carboxylic acids is 1. The highest BCUT2D eigenvalue weighted by Crippen LogP contribution is 2.15. The van der Waals surface area contributed by atoms with Crippen LogP contribution in [0.3, 0.4) is 0 Å². The van der Waals surface area contributed by atoms with Gasteiger partial charge in [-0.2, -0.15) is 5.10 Å². The molecule has 0 heterocycles. The molecule has 7 heteroatoms. The number of nitrogens with zero attached hydrogens (tertiary/aromatic N) is 1. The number of carbonyl (C=O) groups is 2. The van der Waals surface area contributed by atoms with Crippen molar-refractivity contribution in [3.8, 4) is 5.75 Å². The van der Waals surface area contributed by atoms with Gasteiger partial charge in [0, 0.05) is 5.56 Å². The summed E-state index contributed by atoms with van der Waals surface area (Å²) in [5, 5.41) is 12.1. The van der Waals surface area contributed by atoms with E-state index in [0.717, 1.165) is 0 Å². The predicted molar refractivity (Wildman–Crippen MR) is 62.7 cm³/mol. The van der Waals surface area contributed by atoms with E-state index < -0.39 is 18.7 Å². The Balaban J connectivity index is 2.69. The Morgan fingerprint density at radius 1 is 1.44 bits per heavy atom. The first kappa shape index (κ1) is 13.5. The van der Waals surface area contributed by atoms with Gasteiger partial charge in [0.2, 0.25) is 0 Å². The third-order valence-electron chi connectivity index (χ3n) is 1.82. The van der Waals surface area contributed by atoms with Gasteiger partial charge in [-0.3, -0.25) is 0 Å². The molecule has 96 valence electrons. The van der Waals surface area contributed by atoms with Crippen LogP contribution in [0.25, 0.3) is 0 Å². The number of nitrogens with one attached hydrogen (secondary N) is 1. The molecule has 0 saturated heterocycles. The molecule has 0 aromatic heterocycles. The van der Waals surface area contributed by atoms with E-state index in [9.17, 15) is 9.59 Å². The normalized spacial score (nSPS) is 10.1. The van der Waals surface area contributed by atoms with Crippen molar-refractivity contribution in [2.45, 2.75) is 0 Å². The molecule has 2 N–H and O–H groups in total. The Labute approximate surface area is 103 Å². The second-order valence-electron chi connectivity index (χ2n) is 3.08. The quantitative estimate of drug-likeness (QED) is 0.597. The first-order chi connectivity index (χ1) is 8.63. The summed E-state index contributed by atoms with van der Waals surface area (Å²) < 4.78 is 9.37. The molecule has 18 heavy (non-hydrogen) atoms. The van der Waals surface area contributed by atoms with Crippen LogP contribution in [0, 0.1) is 0 Å². The van der Waals surface area contributed by atoms with Gasteiger partial charge in [0.15, 0.2) is 6.61 Å². The van der Waals surface area contributed by atoms with Crippen LogP contribution >= 0.6 is 0 Å². The molecule has 0 atom stereocenters. The average Bonchev–Trinajstić information content (AvgIpc) is 2.37. The van der Waals surface area contributed by atoms with Gasteiger partial charge in [-0.15, -0.1) is 0 Å². The largest absolute Gasteiger partial charge is 0.481 e. The van der Waals surface area contributed by atoms with Gasteiger partial charge < -0.3 is 14.6 Å². The number of rotatable bonds is 5. The van der Waals surface area contributed by atoms with Gasteiger partial charge in [-0.05, 0) is 12.1 Å². The molecule has 0 bridgehead atoms. The number of benzene rings is 1. The molecule has 0 saturated carbocycles. The molecule has 0 unspecified atom stereocenters. The molecule has 0 spiro atoms. The second-order valence-corrected chi connectivity index (χ2v) is 3.08. The molecule has 1 aromatic carbocycles. The van der Waals surface area contributed by atoms with Gasteiger partial charge in [-0.1, -0.05) is 12.1 Å². The van der Waals surface area contributed by atoms with Gasteiger partial charge >= 0.3 is 12.1 Å². The molecular formula is C11H12N2O5. The maximum absolute atomic E-state index is 10.7. The molecule has 1 amide bonds. The highest BCUT2D eigenvalue weighted by atomic mass is 16.5. The summed E-state index contributed by atoms with van der Waals surface area (Å²) in [6, 6.07) is 6.69. The summed E-state index contributed by atoms with van der Waals surface area (Å²) in [5.74, 6) is -0.718. The van der Waals surface area contributed by atoms with Crippen LogP contribution in [-0.4, -0.2) is 37.1 Å². The average molecular weight is 252 g/mol. The first-order valence-corrected chi connectivity index (χ1v) is 4.94. The lowest BCUT2D eigenvalue weighted by molar-refractivity contribution is -0.139. The summed E-state index contributed by atoms with van der Waals surface area (Å²) in [6.07, 6.45) is 0.629. The maximum Gasteiger partial charge on any atom is 0.427 e. The number of ether oxygens (including phenoxy) is 2. The number of hydrogen-bond acceptors (Lipinski definition) is 5. The summed E-state index contributed by atoms with van der Waals surface area (Å²) in [6.45, 7) is -0.449. The Kier molecular flexibility index (Phi) is 5.17. The van der Waals surface area contributed by atoms with Crippen molar-refractivity contribution in [3.63, 3.8) is 0 Å². The monoisotopic (exact) mass is 252 g/mol. The minimum Gasteiger partial charge on any atom is -0.481 e. The number of para-hydroxylation sites is 1. The molecule has 7 nitrogen and oxygen atoms in total. The van der Waals surface area contributed by atoms with E-state index in [2.05, 4.69) is 15.3 Å². The van der Waals surface area contributed by atoms with Crippen LogP contribution in [-0.2, 0) is 9.53 Å². The Morgan fingerprint density at radius 2 is 2.17 bits per heavy atom. The lowest BCUT2D eigenvalue weighted by atomic mass is 10.2. The maximum atomic E-state index is 10.7. The molecule has 0 aliphatic heterocycles. The van der Waals surface area contributed by atoms with Crippen LogP contribution in [0.1, 0.15) is 5.56 Å². The Morgan fingerprint density at radius 3 is 2.83 bits per heavy atom. The lowest BCUT2D eigenvalue weighted by Crippen LogP contribution is -2.17. The van der Waals surface area contributed by atoms with Gasteiger partial charge in [0.1, 0.15) is 5.75 Å². The molecule has 1 aromatic rings. The summed E-state index contributed by atoms with van der Waals surface area (Å²) in [5.41, 5.74) is 2.65. The summed E-state index contributed by atoms with van der Waals surface area (Å²) in [4.78, 5) is 21.1. The van der Waals surface area contributed by atoms with Crippen molar-refractivity contribution in [2.75, 3.05) is 13.7 Å². The zero-order valence-electron chi connectivity index (χ0n) is 9.62. The van der Waals surface area contributed by atoms with Crippen molar-refractivity contribution < 1.29 is 24.2 Å². The van der Waals surface area contributed by atoms with Crippen molar-refractivity contribution >= 4 is 18.3 Å². The molecule has 0 radical (unpaired) electrons. The number of carbonyl (C=O) groups excluding carboxylic acids is 1. The third-order valence-corrected chi connectivity index (χ3v) is 1.82. The van der Waals surface area contributed by atoms with E-state index in [1.807, 2.05) is 0 Å². The fourth-order valence-electron chi connectivity index (χ4n) is 1.06. The summed E-state index contributed by atoms with van der Waals surface area (Å²) in [7, 11) is 1.22. The van der Waals surface area contributed by atoms with Crippen molar-refractivity contribution in [1.82, 2.24) is 5.43 Å². The van der Waals surface area contributed by atoms with E-state index >= 15 is 0 Å². The number of hydrogen-bond donors (Lipinski definition) is 2. The van der Waals surface area contributed by atoms with E-state index in [4.69, 9.17) is 9.84 Å². The van der Waals surface area contributed by atoms with Gasteiger partial charge in [-0.25, -0.2) is 15.0 Å². The highest BCUT2D eigenvalue weighted by Gasteiger charge is 2.03.